The first-order valence-corrected chi connectivity index (χ1v) is 12.9. The number of amides is 2. The molecule has 0 aliphatic rings. The zero-order valence-corrected chi connectivity index (χ0v) is 21.7. The Morgan fingerprint density at radius 3 is 1.92 bits per heavy atom. The van der Waals surface area contributed by atoms with Crippen LogP contribution in [0, 0.1) is 0 Å². The van der Waals surface area contributed by atoms with E-state index >= 15 is 0 Å². The summed E-state index contributed by atoms with van der Waals surface area (Å²) in [4.78, 5) is 31.4. The van der Waals surface area contributed by atoms with Gasteiger partial charge in [0.05, 0.1) is 25.3 Å². The summed E-state index contributed by atoms with van der Waals surface area (Å²) in [5, 5.41) is 0. The topological polar surface area (TPSA) is 63.0 Å². The SMILES string of the molecule is COCCCN(CC(=O)N(Cc1ccccc1)Cc1ccco1)C(=O)C(c1ccccc1)c1ccccc1. The molecule has 0 aliphatic carbocycles. The molecule has 0 saturated carbocycles. The quantitative estimate of drug-likeness (QED) is 0.223. The summed E-state index contributed by atoms with van der Waals surface area (Å²) in [7, 11) is 1.64. The molecule has 0 fully saturated rings. The van der Waals surface area contributed by atoms with Crippen molar-refractivity contribution in [2.45, 2.75) is 25.4 Å². The van der Waals surface area contributed by atoms with E-state index in [4.69, 9.17) is 9.15 Å². The lowest BCUT2D eigenvalue weighted by molar-refractivity contribution is -0.142. The minimum absolute atomic E-state index is 0.0355. The van der Waals surface area contributed by atoms with Crippen molar-refractivity contribution >= 4 is 11.8 Å². The van der Waals surface area contributed by atoms with Gasteiger partial charge < -0.3 is 19.0 Å². The fourth-order valence-corrected chi connectivity index (χ4v) is 4.51. The van der Waals surface area contributed by atoms with E-state index in [1.54, 1.807) is 23.2 Å². The number of ether oxygens (including phenoxy) is 1. The molecule has 3 aromatic carbocycles. The van der Waals surface area contributed by atoms with E-state index < -0.39 is 5.92 Å². The second kappa shape index (κ2) is 14.0. The standard InChI is InChI=1S/C32H34N2O4/c1-37-21-12-20-33(32(36)31(27-15-7-3-8-16-27)28-17-9-4-10-18-28)25-30(35)34(24-29-19-11-22-38-29)23-26-13-5-2-6-14-26/h2-11,13-19,22,31H,12,20-21,23-25H2,1H3. The van der Waals surface area contributed by atoms with Gasteiger partial charge in [0.2, 0.25) is 11.8 Å². The summed E-state index contributed by atoms with van der Waals surface area (Å²) >= 11 is 0. The first kappa shape index (κ1) is 26.9. The molecule has 1 aromatic heterocycles. The predicted molar refractivity (Wildman–Crippen MR) is 147 cm³/mol. The summed E-state index contributed by atoms with van der Waals surface area (Å²) < 4.78 is 10.8. The monoisotopic (exact) mass is 510 g/mol. The Morgan fingerprint density at radius 1 is 0.763 bits per heavy atom. The van der Waals surface area contributed by atoms with Crippen molar-refractivity contribution in [2.75, 3.05) is 26.8 Å². The van der Waals surface area contributed by atoms with Gasteiger partial charge in [-0.1, -0.05) is 91.0 Å². The van der Waals surface area contributed by atoms with Crippen molar-refractivity contribution in [3.63, 3.8) is 0 Å². The lowest BCUT2D eigenvalue weighted by Gasteiger charge is -2.30. The highest BCUT2D eigenvalue weighted by Crippen LogP contribution is 2.27. The Labute approximate surface area is 224 Å². The number of furan rings is 1. The molecule has 0 aliphatic heterocycles. The second-order valence-electron chi connectivity index (χ2n) is 9.18. The Kier molecular flexibility index (Phi) is 9.88. The Balaban J connectivity index is 1.61. The molecule has 38 heavy (non-hydrogen) atoms. The lowest BCUT2D eigenvalue weighted by atomic mass is 9.90. The third-order valence-electron chi connectivity index (χ3n) is 6.42. The molecule has 1 heterocycles. The summed E-state index contributed by atoms with van der Waals surface area (Å²) in [6, 6.07) is 33.0. The van der Waals surface area contributed by atoms with Crippen LogP contribution in [0.2, 0.25) is 0 Å². The van der Waals surface area contributed by atoms with Crippen molar-refractivity contribution in [2.24, 2.45) is 0 Å². The van der Waals surface area contributed by atoms with Crippen molar-refractivity contribution < 1.29 is 18.7 Å². The molecule has 6 heteroatoms. The highest BCUT2D eigenvalue weighted by atomic mass is 16.5. The van der Waals surface area contributed by atoms with E-state index in [2.05, 4.69) is 0 Å². The average Bonchev–Trinajstić information content (AvgIpc) is 3.47. The third-order valence-corrected chi connectivity index (χ3v) is 6.42. The molecule has 0 unspecified atom stereocenters. The van der Waals surface area contributed by atoms with Gasteiger partial charge in [-0.15, -0.1) is 0 Å². The molecular weight excluding hydrogens is 476 g/mol. The third kappa shape index (κ3) is 7.43. The lowest BCUT2D eigenvalue weighted by Crippen LogP contribution is -2.45. The van der Waals surface area contributed by atoms with Gasteiger partial charge in [0.1, 0.15) is 5.76 Å². The van der Waals surface area contributed by atoms with Crippen molar-refractivity contribution in [1.29, 1.82) is 0 Å². The summed E-state index contributed by atoms with van der Waals surface area (Å²) in [6.07, 6.45) is 2.23. The van der Waals surface area contributed by atoms with Gasteiger partial charge >= 0.3 is 0 Å². The Bertz CT molecular complexity index is 1210. The highest BCUT2D eigenvalue weighted by molar-refractivity contribution is 5.91. The van der Waals surface area contributed by atoms with Crippen LogP contribution in [0.3, 0.4) is 0 Å². The molecule has 4 rings (SSSR count). The maximum atomic E-state index is 14.2. The normalized spacial score (nSPS) is 10.9. The number of carbonyl (C=O) groups excluding carboxylic acids is 2. The number of carbonyl (C=O) groups is 2. The number of methoxy groups -OCH3 is 1. The molecule has 0 bridgehead atoms. The molecule has 0 N–H and O–H groups in total. The number of benzene rings is 3. The fourth-order valence-electron chi connectivity index (χ4n) is 4.51. The van der Waals surface area contributed by atoms with Crippen molar-refractivity contribution in [1.82, 2.24) is 9.80 Å². The van der Waals surface area contributed by atoms with Gasteiger partial charge in [0.25, 0.3) is 0 Å². The Hall–Kier alpha value is -4.16. The maximum absolute atomic E-state index is 14.2. The van der Waals surface area contributed by atoms with Crippen LogP contribution < -0.4 is 0 Å². The van der Waals surface area contributed by atoms with Gasteiger partial charge in [-0.2, -0.15) is 0 Å². The molecule has 0 saturated heterocycles. The van der Waals surface area contributed by atoms with Gasteiger partial charge in [0, 0.05) is 26.8 Å². The highest BCUT2D eigenvalue weighted by Gasteiger charge is 2.30. The van der Waals surface area contributed by atoms with E-state index in [-0.39, 0.29) is 18.4 Å². The minimum Gasteiger partial charge on any atom is -0.467 e. The zero-order valence-electron chi connectivity index (χ0n) is 21.7. The average molecular weight is 511 g/mol. The molecule has 2 amide bonds. The van der Waals surface area contributed by atoms with Crippen LogP contribution in [0.4, 0.5) is 0 Å². The van der Waals surface area contributed by atoms with Crippen LogP contribution in [0.15, 0.2) is 114 Å². The van der Waals surface area contributed by atoms with E-state index in [0.29, 0.717) is 38.4 Å². The smallest absolute Gasteiger partial charge is 0.242 e. The van der Waals surface area contributed by atoms with Crippen LogP contribution >= 0.6 is 0 Å². The Morgan fingerprint density at radius 2 is 1.37 bits per heavy atom. The first-order valence-electron chi connectivity index (χ1n) is 12.9. The minimum atomic E-state index is -0.514. The van der Waals surface area contributed by atoms with Crippen LogP contribution in [0.1, 0.15) is 34.8 Å². The van der Waals surface area contributed by atoms with Crippen LogP contribution in [0.25, 0.3) is 0 Å². The molecule has 0 radical (unpaired) electrons. The number of hydrogen-bond acceptors (Lipinski definition) is 4. The van der Waals surface area contributed by atoms with E-state index in [0.717, 1.165) is 16.7 Å². The van der Waals surface area contributed by atoms with Crippen molar-refractivity contribution in [3.8, 4) is 0 Å². The van der Waals surface area contributed by atoms with E-state index in [9.17, 15) is 9.59 Å². The number of rotatable bonds is 13. The van der Waals surface area contributed by atoms with E-state index in [1.165, 1.54) is 0 Å². The predicted octanol–water partition coefficient (Wildman–Crippen LogP) is 5.51. The molecule has 4 aromatic rings. The largest absolute Gasteiger partial charge is 0.467 e. The molecule has 0 spiro atoms. The van der Waals surface area contributed by atoms with Crippen LogP contribution in [-0.2, 0) is 27.4 Å². The maximum Gasteiger partial charge on any atom is 0.242 e. The molecule has 0 atom stereocenters. The summed E-state index contributed by atoms with van der Waals surface area (Å²) in [6.45, 7) is 1.61. The van der Waals surface area contributed by atoms with Crippen LogP contribution in [0.5, 0.6) is 0 Å². The van der Waals surface area contributed by atoms with Crippen LogP contribution in [-0.4, -0.2) is 48.4 Å². The van der Waals surface area contributed by atoms with Gasteiger partial charge in [-0.05, 0) is 35.2 Å². The van der Waals surface area contributed by atoms with E-state index in [1.807, 2.05) is 103 Å². The molecule has 6 nitrogen and oxygen atoms in total. The summed E-state index contributed by atoms with van der Waals surface area (Å²) in [5.74, 6) is -0.0706. The second-order valence-corrected chi connectivity index (χ2v) is 9.18. The summed E-state index contributed by atoms with van der Waals surface area (Å²) in [5.41, 5.74) is 2.80. The van der Waals surface area contributed by atoms with Gasteiger partial charge in [0.15, 0.2) is 0 Å². The zero-order chi connectivity index (χ0) is 26.6. The molecule has 196 valence electrons. The number of hydrogen-bond donors (Lipinski definition) is 0. The fraction of sp³-hybridized carbons (Fsp3) is 0.250. The van der Waals surface area contributed by atoms with Gasteiger partial charge in [-0.25, -0.2) is 0 Å². The van der Waals surface area contributed by atoms with Gasteiger partial charge in [-0.3, -0.25) is 9.59 Å². The van der Waals surface area contributed by atoms with Crippen molar-refractivity contribution in [3.05, 3.63) is 132 Å². The first-order chi connectivity index (χ1) is 18.7. The molecular formula is C32H34N2O4. The number of nitrogens with zero attached hydrogens (tertiary/aromatic N) is 2.